The zero-order chi connectivity index (χ0) is 22.6. The normalized spacial score (nSPS) is 18.5. The number of carbonyl (C=O) groups excluding carboxylic acids is 1. The van der Waals surface area contributed by atoms with Gasteiger partial charge in [0.05, 0.1) is 66.1 Å². The standard InChI is InChI=1S/C23H19FN6O3/c24-15-3-1-2-14(11-25)20(15)16-10-18(21-17(27-16)12-26-22(21)31)30-6-4-19(28-30)29-7-5-23(13-29)32-8-9-33-23/h1-4,6,10H,5,7-9,12-13H2,(H,26,31). The van der Waals surface area contributed by atoms with Crippen molar-refractivity contribution in [3.05, 3.63) is 59.2 Å². The van der Waals surface area contributed by atoms with Gasteiger partial charge in [-0.25, -0.2) is 14.1 Å². The number of ether oxygens (including phenoxy) is 2. The first kappa shape index (κ1) is 19.8. The summed E-state index contributed by atoms with van der Waals surface area (Å²) in [5.41, 5.74) is 1.91. The van der Waals surface area contributed by atoms with E-state index in [2.05, 4.69) is 15.2 Å². The van der Waals surface area contributed by atoms with Gasteiger partial charge in [0, 0.05) is 25.2 Å². The first-order chi connectivity index (χ1) is 16.1. The number of amides is 1. The van der Waals surface area contributed by atoms with Crippen LogP contribution in [0, 0.1) is 17.1 Å². The van der Waals surface area contributed by atoms with Gasteiger partial charge in [0.25, 0.3) is 5.91 Å². The predicted octanol–water partition coefficient (Wildman–Crippen LogP) is 2.14. The Bertz CT molecular complexity index is 1320. The third kappa shape index (κ3) is 3.16. The number of benzene rings is 1. The third-order valence-corrected chi connectivity index (χ3v) is 6.26. The van der Waals surface area contributed by atoms with Crippen molar-refractivity contribution in [3.63, 3.8) is 0 Å². The molecule has 33 heavy (non-hydrogen) atoms. The Labute approximate surface area is 188 Å². The van der Waals surface area contributed by atoms with Crippen LogP contribution in [0.5, 0.6) is 0 Å². The molecule has 2 aromatic heterocycles. The monoisotopic (exact) mass is 446 g/mol. The van der Waals surface area contributed by atoms with Gasteiger partial charge in [0.2, 0.25) is 0 Å². The zero-order valence-electron chi connectivity index (χ0n) is 17.5. The van der Waals surface area contributed by atoms with Crippen molar-refractivity contribution < 1.29 is 18.7 Å². The number of hydrogen-bond donors (Lipinski definition) is 1. The average Bonchev–Trinajstić information content (AvgIpc) is 3.62. The van der Waals surface area contributed by atoms with Gasteiger partial charge in [0.15, 0.2) is 11.6 Å². The van der Waals surface area contributed by atoms with E-state index in [0.717, 1.165) is 18.8 Å². The molecule has 0 atom stereocenters. The van der Waals surface area contributed by atoms with E-state index < -0.39 is 11.6 Å². The highest BCUT2D eigenvalue weighted by molar-refractivity contribution is 6.01. The van der Waals surface area contributed by atoms with Gasteiger partial charge in [-0.3, -0.25) is 4.79 Å². The Morgan fingerprint density at radius 1 is 1.21 bits per heavy atom. The van der Waals surface area contributed by atoms with Gasteiger partial charge in [-0.15, -0.1) is 0 Å². The van der Waals surface area contributed by atoms with Crippen LogP contribution in [0.25, 0.3) is 16.9 Å². The number of hydrogen-bond acceptors (Lipinski definition) is 7. The molecule has 0 aliphatic carbocycles. The largest absolute Gasteiger partial charge is 0.350 e. The summed E-state index contributed by atoms with van der Waals surface area (Å²) < 4.78 is 27.9. The van der Waals surface area contributed by atoms with E-state index in [4.69, 9.17) is 14.6 Å². The fraction of sp³-hybridized carbons (Fsp3) is 0.304. The molecule has 166 valence electrons. The number of fused-ring (bicyclic) bond motifs is 1. The lowest BCUT2D eigenvalue weighted by atomic mass is 10.0. The molecule has 0 radical (unpaired) electrons. The van der Waals surface area contributed by atoms with Crippen LogP contribution in [0.15, 0.2) is 36.5 Å². The number of anilines is 1. The van der Waals surface area contributed by atoms with E-state index in [9.17, 15) is 14.4 Å². The first-order valence-electron chi connectivity index (χ1n) is 10.7. The highest BCUT2D eigenvalue weighted by atomic mass is 19.1. The van der Waals surface area contributed by atoms with Crippen LogP contribution in [-0.4, -0.2) is 52.8 Å². The number of nitriles is 1. The number of halogens is 1. The molecule has 1 amide bonds. The van der Waals surface area contributed by atoms with Crippen molar-refractivity contribution >= 4 is 11.7 Å². The number of aromatic nitrogens is 3. The van der Waals surface area contributed by atoms with Crippen LogP contribution in [0.3, 0.4) is 0 Å². The zero-order valence-corrected chi connectivity index (χ0v) is 17.5. The van der Waals surface area contributed by atoms with Gasteiger partial charge in [-0.05, 0) is 18.2 Å². The summed E-state index contributed by atoms with van der Waals surface area (Å²) in [5.74, 6) is -0.671. The van der Waals surface area contributed by atoms with Crippen LogP contribution >= 0.6 is 0 Å². The SMILES string of the molecule is N#Cc1cccc(F)c1-c1cc(-n2ccc(N3CCC4(C3)OCCO4)n2)c2c(n1)CNC2=O. The molecule has 3 aliphatic rings. The van der Waals surface area contributed by atoms with Crippen LogP contribution in [0.1, 0.15) is 28.0 Å². The van der Waals surface area contributed by atoms with Gasteiger partial charge in [-0.2, -0.15) is 10.4 Å². The van der Waals surface area contributed by atoms with E-state index in [0.29, 0.717) is 36.7 Å². The smallest absolute Gasteiger partial charge is 0.255 e. The summed E-state index contributed by atoms with van der Waals surface area (Å²) in [6.07, 6.45) is 2.51. The second kappa shape index (κ2) is 7.37. The van der Waals surface area contributed by atoms with Gasteiger partial charge in [0.1, 0.15) is 5.82 Å². The maximum absolute atomic E-state index is 14.7. The topological polar surface area (TPSA) is 105 Å². The molecule has 1 spiro atoms. The Kier molecular flexibility index (Phi) is 4.43. The number of rotatable bonds is 3. The summed E-state index contributed by atoms with van der Waals surface area (Å²) >= 11 is 0. The lowest BCUT2D eigenvalue weighted by Gasteiger charge is -2.22. The first-order valence-corrected chi connectivity index (χ1v) is 10.7. The Morgan fingerprint density at radius 2 is 2.06 bits per heavy atom. The van der Waals surface area contributed by atoms with Crippen molar-refractivity contribution in [2.24, 2.45) is 0 Å². The van der Waals surface area contributed by atoms with E-state index in [-0.39, 0.29) is 29.3 Å². The average molecular weight is 446 g/mol. The highest BCUT2D eigenvalue weighted by Gasteiger charge is 2.44. The second-order valence-electron chi connectivity index (χ2n) is 8.20. The quantitative estimate of drug-likeness (QED) is 0.657. The lowest BCUT2D eigenvalue weighted by Crippen LogP contribution is -2.34. The van der Waals surface area contributed by atoms with Gasteiger partial charge in [-0.1, -0.05) is 6.07 Å². The molecule has 0 bridgehead atoms. The van der Waals surface area contributed by atoms with Crippen molar-refractivity contribution in [3.8, 4) is 23.0 Å². The summed E-state index contributed by atoms with van der Waals surface area (Å²) in [4.78, 5) is 19.1. The molecular weight excluding hydrogens is 427 g/mol. The summed E-state index contributed by atoms with van der Waals surface area (Å²) in [6, 6.07) is 9.80. The van der Waals surface area contributed by atoms with Gasteiger partial charge < -0.3 is 19.7 Å². The molecule has 1 N–H and O–H groups in total. The minimum absolute atomic E-state index is 0.104. The third-order valence-electron chi connectivity index (χ3n) is 6.26. The number of pyridine rings is 1. The minimum Gasteiger partial charge on any atom is -0.350 e. The van der Waals surface area contributed by atoms with E-state index in [1.807, 2.05) is 12.1 Å². The van der Waals surface area contributed by atoms with Gasteiger partial charge >= 0.3 is 0 Å². The molecule has 0 unspecified atom stereocenters. The van der Waals surface area contributed by atoms with Crippen LogP contribution in [-0.2, 0) is 16.0 Å². The Morgan fingerprint density at radius 3 is 2.88 bits per heavy atom. The maximum atomic E-state index is 14.7. The Balaban J connectivity index is 1.43. The molecule has 9 nitrogen and oxygen atoms in total. The summed E-state index contributed by atoms with van der Waals surface area (Å²) in [6.45, 7) is 2.71. The van der Waals surface area contributed by atoms with E-state index >= 15 is 0 Å². The van der Waals surface area contributed by atoms with E-state index in [1.54, 1.807) is 23.0 Å². The highest BCUT2D eigenvalue weighted by Crippen LogP contribution is 2.34. The molecule has 3 aromatic rings. The predicted molar refractivity (Wildman–Crippen MR) is 114 cm³/mol. The summed E-state index contributed by atoms with van der Waals surface area (Å²) in [7, 11) is 0. The fourth-order valence-electron chi connectivity index (χ4n) is 4.70. The lowest BCUT2D eigenvalue weighted by molar-refractivity contribution is -0.137. The number of nitrogens with one attached hydrogen (secondary N) is 1. The van der Waals surface area contributed by atoms with Crippen LogP contribution in [0.2, 0.25) is 0 Å². The molecule has 2 fully saturated rings. The number of nitrogens with zero attached hydrogens (tertiary/aromatic N) is 5. The van der Waals surface area contributed by atoms with Crippen molar-refractivity contribution in [2.45, 2.75) is 18.8 Å². The molecule has 5 heterocycles. The second-order valence-corrected chi connectivity index (χ2v) is 8.20. The molecule has 6 rings (SSSR count). The van der Waals surface area contributed by atoms with Crippen LogP contribution in [0.4, 0.5) is 10.2 Å². The van der Waals surface area contributed by atoms with Crippen molar-refractivity contribution in [1.82, 2.24) is 20.1 Å². The molecule has 10 heteroatoms. The van der Waals surface area contributed by atoms with E-state index in [1.165, 1.54) is 12.1 Å². The maximum Gasteiger partial charge on any atom is 0.255 e. The molecule has 1 aromatic carbocycles. The van der Waals surface area contributed by atoms with Crippen molar-refractivity contribution in [1.29, 1.82) is 5.26 Å². The summed E-state index contributed by atoms with van der Waals surface area (Å²) in [5, 5.41) is 16.9. The van der Waals surface area contributed by atoms with Crippen LogP contribution < -0.4 is 10.2 Å². The Hall–Kier alpha value is -3.81. The molecule has 2 saturated heterocycles. The molecule has 3 aliphatic heterocycles. The van der Waals surface area contributed by atoms with Crippen molar-refractivity contribution in [2.75, 3.05) is 31.2 Å². The molecule has 0 saturated carbocycles. The minimum atomic E-state index is -0.576. The number of carbonyl (C=O) groups is 1. The molecular formula is C23H19FN6O3. The fourth-order valence-corrected chi connectivity index (χ4v) is 4.70.